The summed E-state index contributed by atoms with van der Waals surface area (Å²) in [5, 5.41) is 13.1. The number of para-hydroxylation sites is 1. The van der Waals surface area contributed by atoms with Gasteiger partial charge in [0, 0.05) is 42.1 Å². The Balaban J connectivity index is 1.47. The van der Waals surface area contributed by atoms with Crippen LogP contribution in [0.2, 0.25) is 0 Å². The van der Waals surface area contributed by atoms with Gasteiger partial charge in [0.25, 0.3) is 11.5 Å². The third kappa shape index (κ3) is 4.52. The molecule has 42 heavy (non-hydrogen) atoms. The van der Waals surface area contributed by atoms with E-state index >= 15 is 0 Å². The maximum absolute atomic E-state index is 14.3. The van der Waals surface area contributed by atoms with Gasteiger partial charge in [0.1, 0.15) is 5.56 Å². The normalized spacial score (nSPS) is 12.4. The summed E-state index contributed by atoms with van der Waals surface area (Å²) >= 11 is 0. The number of carbonyl (C=O) groups is 1. The summed E-state index contributed by atoms with van der Waals surface area (Å²) in [7, 11) is 1.91. The maximum Gasteiger partial charge on any atom is 0.263 e. The minimum Gasteiger partial charge on any atom is -0.381 e. The molecule has 0 saturated carbocycles. The quantitative estimate of drug-likeness (QED) is 0.307. The fourth-order valence-electron chi connectivity index (χ4n) is 5.38. The summed E-state index contributed by atoms with van der Waals surface area (Å²) in [6.45, 7) is 5.82. The molecule has 0 radical (unpaired) electrons. The van der Waals surface area contributed by atoms with E-state index in [1.165, 1.54) is 4.52 Å². The summed E-state index contributed by atoms with van der Waals surface area (Å²) in [6, 6.07) is 18.3. The molecule has 0 spiro atoms. The highest BCUT2D eigenvalue weighted by Gasteiger charge is 2.24. The van der Waals surface area contributed by atoms with E-state index in [1.807, 2.05) is 99.3 Å². The number of fused-ring (bicyclic) bond motifs is 2. The number of nitrogens with two attached hydrogens (primary N) is 1. The molecule has 210 valence electrons. The van der Waals surface area contributed by atoms with Gasteiger partial charge < -0.3 is 11.1 Å². The number of rotatable bonds is 6. The molecule has 6 aromatic rings. The molecule has 2 aromatic carbocycles. The molecule has 1 atom stereocenters. The lowest BCUT2D eigenvalue weighted by atomic mass is 10.0. The van der Waals surface area contributed by atoms with Crippen LogP contribution in [-0.4, -0.2) is 34.9 Å². The largest absolute Gasteiger partial charge is 0.381 e. The fraction of sp³-hybridized carbons (Fsp3) is 0.156. The molecule has 4 aromatic heterocycles. The standard InChI is InChI=1S/C32H30N8O2/c1-19-25(21(3)38(4)36-19)15-14-22-10-8-11-23-18-26(40(32(42)27(22)23)24-12-6-5-7-13-24)20(2)35-31(41)28-29(33)37-39-17-9-16-34-30(28)39/h5-18,20H,1-4H3,(H2,33,37)(H,35,41). The molecule has 1 amide bonds. The number of anilines is 1. The fourth-order valence-corrected chi connectivity index (χ4v) is 5.38. The predicted octanol–water partition coefficient (Wildman–Crippen LogP) is 4.63. The summed E-state index contributed by atoms with van der Waals surface area (Å²) in [4.78, 5) is 32.1. The Labute approximate surface area is 241 Å². The number of carbonyl (C=O) groups excluding carboxylic acids is 1. The summed E-state index contributed by atoms with van der Waals surface area (Å²) in [5.41, 5.74) is 11.5. The third-order valence-corrected chi connectivity index (χ3v) is 7.56. The van der Waals surface area contributed by atoms with E-state index in [2.05, 4.69) is 20.5 Å². The molecule has 3 N–H and O–H groups in total. The molecule has 0 aliphatic carbocycles. The average Bonchev–Trinajstić information content (AvgIpc) is 3.44. The van der Waals surface area contributed by atoms with Gasteiger partial charge in [-0.05, 0) is 56.0 Å². The van der Waals surface area contributed by atoms with Crippen LogP contribution in [0.5, 0.6) is 0 Å². The lowest BCUT2D eigenvalue weighted by molar-refractivity contribution is 0.0941. The highest BCUT2D eigenvalue weighted by Crippen LogP contribution is 2.26. The molecule has 1 unspecified atom stereocenters. The molecular weight excluding hydrogens is 528 g/mol. The smallest absolute Gasteiger partial charge is 0.263 e. The van der Waals surface area contributed by atoms with Crippen molar-refractivity contribution in [3.8, 4) is 5.69 Å². The van der Waals surface area contributed by atoms with Crippen molar-refractivity contribution >= 4 is 40.3 Å². The number of aryl methyl sites for hydroxylation is 2. The highest BCUT2D eigenvalue weighted by atomic mass is 16.2. The predicted molar refractivity (Wildman–Crippen MR) is 164 cm³/mol. The molecule has 4 heterocycles. The van der Waals surface area contributed by atoms with E-state index in [-0.39, 0.29) is 16.9 Å². The third-order valence-electron chi connectivity index (χ3n) is 7.56. The zero-order chi connectivity index (χ0) is 29.5. The number of nitrogen functional groups attached to an aromatic ring is 1. The van der Waals surface area contributed by atoms with E-state index in [4.69, 9.17) is 5.73 Å². The maximum atomic E-state index is 14.3. The Hall–Kier alpha value is -5.51. The molecule has 0 aliphatic rings. The van der Waals surface area contributed by atoms with Gasteiger partial charge in [-0.2, -0.15) is 5.10 Å². The van der Waals surface area contributed by atoms with Crippen LogP contribution in [0, 0.1) is 13.8 Å². The molecule has 0 saturated heterocycles. The van der Waals surface area contributed by atoms with E-state index in [0.717, 1.165) is 27.9 Å². The van der Waals surface area contributed by atoms with E-state index in [1.54, 1.807) is 23.0 Å². The average molecular weight is 559 g/mol. The highest BCUT2D eigenvalue weighted by molar-refractivity contribution is 6.04. The van der Waals surface area contributed by atoms with Crippen LogP contribution in [0.1, 0.15) is 51.5 Å². The van der Waals surface area contributed by atoms with Gasteiger partial charge in [0.05, 0.1) is 17.1 Å². The second-order valence-corrected chi connectivity index (χ2v) is 10.2. The first-order valence-corrected chi connectivity index (χ1v) is 13.6. The Morgan fingerprint density at radius 2 is 1.81 bits per heavy atom. The van der Waals surface area contributed by atoms with Crippen molar-refractivity contribution in [2.45, 2.75) is 26.8 Å². The van der Waals surface area contributed by atoms with Crippen LogP contribution in [0.25, 0.3) is 34.3 Å². The second-order valence-electron chi connectivity index (χ2n) is 10.2. The number of hydrogen-bond donors (Lipinski definition) is 2. The molecule has 6 rings (SSSR count). The summed E-state index contributed by atoms with van der Waals surface area (Å²) in [6.07, 6.45) is 7.22. The number of aromatic nitrogens is 6. The lowest BCUT2D eigenvalue weighted by Crippen LogP contribution is -2.32. The molecule has 0 aliphatic heterocycles. The van der Waals surface area contributed by atoms with Crippen molar-refractivity contribution in [2.24, 2.45) is 7.05 Å². The van der Waals surface area contributed by atoms with Gasteiger partial charge >= 0.3 is 0 Å². The van der Waals surface area contributed by atoms with Gasteiger partial charge in [0.2, 0.25) is 0 Å². The van der Waals surface area contributed by atoms with Crippen LogP contribution in [0.15, 0.2) is 77.9 Å². The van der Waals surface area contributed by atoms with Gasteiger partial charge in [0.15, 0.2) is 11.5 Å². The molecule has 10 heteroatoms. The van der Waals surface area contributed by atoms with Crippen molar-refractivity contribution in [1.29, 1.82) is 0 Å². The summed E-state index contributed by atoms with van der Waals surface area (Å²) in [5.74, 6) is -0.354. The summed E-state index contributed by atoms with van der Waals surface area (Å²) < 4.78 is 4.97. The second kappa shape index (κ2) is 10.5. The van der Waals surface area contributed by atoms with Gasteiger partial charge in [-0.3, -0.25) is 18.8 Å². The topological polar surface area (TPSA) is 125 Å². The van der Waals surface area contributed by atoms with Gasteiger partial charge in [-0.15, -0.1) is 5.10 Å². The number of hydrogen-bond acceptors (Lipinski definition) is 6. The Morgan fingerprint density at radius 3 is 2.55 bits per heavy atom. The molecule has 10 nitrogen and oxygen atoms in total. The van der Waals surface area contributed by atoms with Crippen LogP contribution >= 0.6 is 0 Å². The number of nitrogens with one attached hydrogen (secondary N) is 1. The van der Waals surface area contributed by atoms with Crippen LogP contribution in [0.3, 0.4) is 0 Å². The van der Waals surface area contributed by atoms with Crippen molar-refractivity contribution in [3.63, 3.8) is 0 Å². The van der Waals surface area contributed by atoms with E-state index < -0.39 is 11.9 Å². The SMILES string of the molecule is Cc1nn(C)c(C)c1C=Cc1cccc2cc(C(C)NC(=O)c3c(N)nn4cccnc34)n(-c3ccccc3)c(=O)c12. The molecular formula is C32H30N8O2. The minimum atomic E-state index is -0.562. The van der Waals surface area contributed by atoms with Crippen molar-refractivity contribution in [1.82, 2.24) is 34.3 Å². The number of pyridine rings is 1. The number of benzene rings is 2. The first kappa shape index (κ1) is 26.7. The lowest BCUT2D eigenvalue weighted by Gasteiger charge is -2.21. The van der Waals surface area contributed by atoms with Crippen LogP contribution < -0.4 is 16.6 Å². The minimum absolute atomic E-state index is 0.0767. The number of amides is 1. The Bertz CT molecular complexity index is 2070. The van der Waals surface area contributed by atoms with E-state index in [0.29, 0.717) is 22.4 Å². The zero-order valence-electron chi connectivity index (χ0n) is 23.7. The Kier molecular flexibility index (Phi) is 6.66. The zero-order valence-corrected chi connectivity index (χ0v) is 23.7. The van der Waals surface area contributed by atoms with E-state index in [9.17, 15) is 9.59 Å². The first-order chi connectivity index (χ1) is 20.2. The monoisotopic (exact) mass is 558 g/mol. The van der Waals surface area contributed by atoms with Crippen molar-refractivity contribution in [3.05, 3.63) is 117 Å². The van der Waals surface area contributed by atoms with Crippen molar-refractivity contribution in [2.75, 3.05) is 5.73 Å². The van der Waals surface area contributed by atoms with Crippen LogP contribution in [0.4, 0.5) is 5.82 Å². The van der Waals surface area contributed by atoms with Gasteiger partial charge in [-0.1, -0.05) is 48.6 Å². The molecule has 0 fully saturated rings. The van der Waals surface area contributed by atoms with Crippen molar-refractivity contribution < 1.29 is 4.79 Å². The number of nitrogens with zero attached hydrogens (tertiary/aromatic N) is 6. The Morgan fingerprint density at radius 1 is 1.02 bits per heavy atom. The van der Waals surface area contributed by atoms with Crippen LogP contribution in [-0.2, 0) is 7.05 Å². The molecule has 0 bridgehead atoms. The van der Waals surface area contributed by atoms with Gasteiger partial charge in [-0.25, -0.2) is 9.50 Å². The first-order valence-electron chi connectivity index (χ1n) is 13.6.